The predicted molar refractivity (Wildman–Crippen MR) is 85.8 cm³/mol. The molecule has 0 spiro atoms. The summed E-state index contributed by atoms with van der Waals surface area (Å²) in [4.78, 5) is 28.4. The monoisotopic (exact) mass is 369 g/mol. The summed E-state index contributed by atoms with van der Waals surface area (Å²) in [6, 6.07) is 3.28. The Morgan fingerprint density at radius 3 is 2.69 bits per heavy atom. The van der Waals surface area contributed by atoms with E-state index in [1.165, 1.54) is 6.92 Å². The van der Waals surface area contributed by atoms with E-state index < -0.39 is 30.7 Å². The van der Waals surface area contributed by atoms with Crippen molar-refractivity contribution in [2.24, 2.45) is 0 Å². The van der Waals surface area contributed by atoms with E-state index in [2.05, 4.69) is 4.98 Å². The zero-order chi connectivity index (χ0) is 19.1. The lowest BCUT2D eigenvalue weighted by Gasteiger charge is -2.16. The number of fused-ring (bicyclic) bond motifs is 1. The fraction of sp³-hybridized carbons (Fsp3) is 0.471. The maximum atomic E-state index is 12.4. The van der Waals surface area contributed by atoms with Crippen molar-refractivity contribution in [3.8, 4) is 0 Å². The molecule has 0 bridgehead atoms. The molecule has 1 aliphatic carbocycles. The summed E-state index contributed by atoms with van der Waals surface area (Å²) in [5.74, 6) is -0.525. The third kappa shape index (κ3) is 3.81. The first-order valence-electron chi connectivity index (χ1n) is 8.20. The molecule has 1 aliphatic rings. The fourth-order valence-electron chi connectivity index (χ4n) is 2.73. The van der Waals surface area contributed by atoms with Gasteiger partial charge in [0.25, 0.3) is 5.91 Å². The number of ether oxygens (including phenoxy) is 1. The summed E-state index contributed by atoms with van der Waals surface area (Å²) in [6.07, 6.45) is -2.05. The van der Waals surface area contributed by atoms with E-state index in [4.69, 9.17) is 4.74 Å². The normalized spacial score (nSPS) is 15.7. The number of carbonyl (C=O) groups is 2. The number of nitrogens with one attached hydrogen (secondary N) is 1. The summed E-state index contributed by atoms with van der Waals surface area (Å²) in [5, 5.41) is 1.70. The van der Waals surface area contributed by atoms with E-state index >= 15 is 0 Å². The lowest BCUT2D eigenvalue weighted by Crippen LogP contribution is -2.40. The molecule has 140 valence electrons. The third-order valence-electron chi connectivity index (χ3n) is 4.24. The number of hydrogen-bond donors (Lipinski definition) is 1. The minimum Gasteiger partial charge on any atom is -0.449 e. The van der Waals surface area contributed by atoms with Crippen LogP contribution in [0.3, 0.4) is 0 Å². The molecule has 0 saturated heterocycles. The predicted octanol–water partition coefficient (Wildman–Crippen LogP) is 2.74. The second-order valence-corrected chi connectivity index (χ2v) is 6.36. The summed E-state index contributed by atoms with van der Waals surface area (Å²) in [6.45, 7) is 1.49. The number of nitrogens with zero attached hydrogens (tertiary/aromatic N) is 2. The van der Waals surface area contributed by atoms with Crippen LogP contribution in [0.15, 0.2) is 18.3 Å². The van der Waals surface area contributed by atoms with Gasteiger partial charge < -0.3 is 10.1 Å². The summed E-state index contributed by atoms with van der Waals surface area (Å²) >= 11 is 0. The molecule has 0 radical (unpaired) electrons. The van der Waals surface area contributed by atoms with Crippen LogP contribution in [0.4, 0.5) is 13.2 Å². The van der Waals surface area contributed by atoms with Gasteiger partial charge in [0.05, 0.1) is 17.3 Å². The van der Waals surface area contributed by atoms with Crippen molar-refractivity contribution in [2.45, 2.75) is 44.9 Å². The highest BCUT2D eigenvalue weighted by Crippen LogP contribution is 2.39. The number of carbonyl (C=O) groups excluding carboxylic acids is 2. The Labute approximate surface area is 147 Å². The SMILES string of the molecule is Cc1c(C(=O)OC(C)C(=O)NCC(F)(F)F)ccc2cnc(C3CC3)n12. The number of amides is 1. The fourth-order valence-corrected chi connectivity index (χ4v) is 2.73. The largest absolute Gasteiger partial charge is 0.449 e. The van der Waals surface area contributed by atoms with E-state index in [1.54, 1.807) is 30.6 Å². The maximum Gasteiger partial charge on any atom is 0.405 e. The van der Waals surface area contributed by atoms with Gasteiger partial charge in [0.15, 0.2) is 6.10 Å². The Hall–Kier alpha value is -2.58. The maximum absolute atomic E-state index is 12.4. The molecular weight excluding hydrogens is 351 g/mol. The van der Waals surface area contributed by atoms with Gasteiger partial charge >= 0.3 is 12.1 Å². The van der Waals surface area contributed by atoms with Gasteiger partial charge in [-0.25, -0.2) is 9.78 Å². The van der Waals surface area contributed by atoms with Crippen molar-refractivity contribution in [3.63, 3.8) is 0 Å². The van der Waals surface area contributed by atoms with Gasteiger partial charge in [-0.2, -0.15) is 13.2 Å². The van der Waals surface area contributed by atoms with Crippen LogP contribution in [-0.2, 0) is 9.53 Å². The molecule has 1 atom stereocenters. The second kappa shape index (κ2) is 6.62. The zero-order valence-corrected chi connectivity index (χ0v) is 14.3. The molecule has 0 aliphatic heterocycles. The Bertz CT molecular complexity index is 856. The highest BCUT2D eigenvalue weighted by atomic mass is 19.4. The van der Waals surface area contributed by atoms with Crippen molar-refractivity contribution in [3.05, 3.63) is 35.4 Å². The summed E-state index contributed by atoms with van der Waals surface area (Å²) in [5.41, 5.74) is 1.71. The first-order valence-corrected chi connectivity index (χ1v) is 8.20. The zero-order valence-electron chi connectivity index (χ0n) is 14.3. The number of halogens is 3. The number of pyridine rings is 1. The number of imidazole rings is 1. The van der Waals surface area contributed by atoms with Crippen LogP contribution in [0.1, 0.15) is 47.6 Å². The smallest absolute Gasteiger partial charge is 0.405 e. The Balaban J connectivity index is 1.74. The van der Waals surface area contributed by atoms with Crippen molar-refractivity contribution >= 4 is 17.4 Å². The lowest BCUT2D eigenvalue weighted by atomic mass is 10.2. The molecule has 2 aromatic rings. The highest BCUT2D eigenvalue weighted by molar-refractivity contribution is 5.93. The van der Waals surface area contributed by atoms with Gasteiger partial charge in [0.1, 0.15) is 12.4 Å². The molecular formula is C17H18F3N3O3. The second-order valence-electron chi connectivity index (χ2n) is 6.36. The van der Waals surface area contributed by atoms with E-state index in [1.807, 2.05) is 4.40 Å². The number of hydrogen-bond acceptors (Lipinski definition) is 4. The van der Waals surface area contributed by atoms with Crippen LogP contribution >= 0.6 is 0 Å². The average molecular weight is 369 g/mol. The van der Waals surface area contributed by atoms with Gasteiger partial charge in [-0.1, -0.05) is 0 Å². The van der Waals surface area contributed by atoms with Crippen LogP contribution in [0.2, 0.25) is 0 Å². The van der Waals surface area contributed by atoms with E-state index in [-0.39, 0.29) is 5.56 Å². The molecule has 6 nitrogen and oxygen atoms in total. The molecule has 1 fully saturated rings. The van der Waals surface area contributed by atoms with Crippen LogP contribution in [0.25, 0.3) is 5.52 Å². The van der Waals surface area contributed by atoms with Gasteiger partial charge in [0, 0.05) is 11.6 Å². The number of aromatic nitrogens is 2. The van der Waals surface area contributed by atoms with Gasteiger partial charge in [-0.3, -0.25) is 9.20 Å². The Kier molecular flexibility index (Phi) is 4.64. The van der Waals surface area contributed by atoms with Gasteiger partial charge in [-0.15, -0.1) is 0 Å². The quantitative estimate of drug-likeness (QED) is 0.823. The number of rotatable bonds is 5. The Morgan fingerprint density at radius 2 is 2.08 bits per heavy atom. The van der Waals surface area contributed by atoms with Gasteiger partial charge in [-0.05, 0) is 38.8 Å². The molecule has 26 heavy (non-hydrogen) atoms. The topological polar surface area (TPSA) is 72.7 Å². The lowest BCUT2D eigenvalue weighted by molar-refractivity contribution is -0.143. The molecule has 3 rings (SSSR count). The van der Waals surface area contributed by atoms with Crippen LogP contribution in [0.5, 0.6) is 0 Å². The molecule has 2 heterocycles. The Morgan fingerprint density at radius 1 is 1.38 bits per heavy atom. The minimum atomic E-state index is -4.53. The minimum absolute atomic E-state index is 0.243. The molecule has 1 N–H and O–H groups in total. The molecule has 9 heteroatoms. The molecule has 1 amide bonds. The van der Waals surface area contributed by atoms with E-state index in [9.17, 15) is 22.8 Å². The molecule has 1 unspecified atom stereocenters. The third-order valence-corrected chi connectivity index (χ3v) is 4.24. The number of aryl methyl sites for hydroxylation is 1. The molecule has 2 aromatic heterocycles. The standard InChI is InChI=1S/C17H18F3N3O3/c1-9-13(6-5-12-7-21-14(23(9)12)11-3-4-11)16(25)26-10(2)15(24)22-8-17(18,19)20/h5-7,10-11H,3-4,8H2,1-2H3,(H,22,24). The van der Waals surface area contributed by atoms with E-state index in [0.29, 0.717) is 11.6 Å². The van der Waals surface area contributed by atoms with Crippen molar-refractivity contribution in [1.29, 1.82) is 0 Å². The number of alkyl halides is 3. The molecule has 1 saturated carbocycles. The average Bonchev–Trinajstić information content (AvgIpc) is 3.31. The highest BCUT2D eigenvalue weighted by Gasteiger charge is 2.31. The summed E-state index contributed by atoms with van der Waals surface area (Å²) < 4.78 is 43.4. The van der Waals surface area contributed by atoms with E-state index in [0.717, 1.165) is 24.2 Å². The van der Waals surface area contributed by atoms with Crippen LogP contribution in [0, 0.1) is 6.92 Å². The van der Waals surface area contributed by atoms with Crippen molar-refractivity contribution in [1.82, 2.24) is 14.7 Å². The molecule has 0 aromatic carbocycles. The first-order chi connectivity index (χ1) is 12.2. The van der Waals surface area contributed by atoms with Crippen LogP contribution in [-0.4, -0.2) is 40.1 Å². The van der Waals surface area contributed by atoms with Crippen LogP contribution < -0.4 is 5.32 Å². The first kappa shape index (κ1) is 18.2. The van der Waals surface area contributed by atoms with Gasteiger partial charge in [0.2, 0.25) is 0 Å². The van der Waals surface area contributed by atoms with Crippen molar-refractivity contribution < 1.29 is 27.5 Å². The number of esters is 1. The van der Waals surface area contributed by atoms with Crippen molar-refractivity contribution in [2.75, 3.05) is 6.54 Å². The summed E-state index contributed by atoms with van der Waals surface area (Å²) in [7, 11) is 0.